The Labute approximate surface area is 138 Å². The van der Waals surface area contributed by atoms with Crippen molar-refractivity contribution in [1.29, 1.82) is 0 Å². The fourth-order valence-electron chi connectivity index (χ4n) is 3.23. The summed E-state index contributed by atoms with van der Waals surface area (Å²) < 4.78 is 46.2. The number of aryl methyl sites for hydroxylation is 2. The molecule has 1 aromatic rings. The summed E-state index contributed by atoms with van der Waals surface area (Å²) >= 11 is 0. The minimum Gasteiger partial charge on any atom is -0.481 e. The van der Waals surface area contributed by atoms with Gasteiger partial charge in [0.25, 0.3) is 0 Å². The van der Waals surface area contributed by atoms with E-state index in [9.17, 15) is 18.0 Å². The Kier molecular flexibility index (Phi) is 5.42. The molecule has 0 bridgehead atoms. The zero-order chi connectivity index (χ0) is 18.1. The summed E-state index contributed by atoms with van der Waals surface area (Å²) in [4.78, 5) is 13.9. The first kappa shape index (κ1) is 18.6. The highest BCUT2D eigenvalue weighted by Gasteiger charge is 2.51. The number of carbonyl (C=O) groups is 1. The second kappa shape index (κ2) is 7.00. The van der Waals surface area contributed by atoms with E-state index in [0.717, 1.165) is 5.69 Å². The summed E-state index contributed by atoms with van der Waals surface area (Å²) in [6, 6.07) is 0. The number of carbonyl (C=O) groups excluding carboxylic acids is 1. The number of ether oxygens (including phenoxy) is 1. The maximum Gasteiger partial charge on any atom is 0.393 e. The zero-order valence-electron chi connectivity index (χ0n) is 14.3. The lowest BCUT2D eigenvalue weighted by Crippen LogP contribution is -2.40. The highest BCUT2D eigenvalue weighted by atomic mass is 19.4. The lowest BCUT2D eigenvalue weighted by atomic mass is 9.94. The van der Waals surface area contributed by atoms with Gasteiger partial charge in [0.05, 0.1) is 30.2 Å². The van der Waals surface area contributed by atoms with Crippen LogP contribution < -0.4 is 10.1 Å². The van der Waals surface area contributed by atoms with Gasteiger partial charge < -0.3 is 15.0 Å². The summed E-state index contributed by atoms with van der Waals surface area (Å²) in [6.45, 7) is 1.96. The molecule has 0 unspecified atom stereocenters. The second-order valence-electron chi connectivity index (χ2n) is 6.11. The molecular weight excluding hydrogens is 325 g/mol. The van der Waals surface area contributed by atoms with Crippen LogP contribution in [0.3, 0.4) is 0 Å². The van der Waals surface area contributed by atoms with Crippen molar-refractivity contribution in [3.05, 3.63) is 11.3 Å². The Morgan fingerprint density at radius 2 is 2.04 bits per heavy atom. The molecule has 0 spiro atoms. The minimum atomic E-state index is -4.38. The molecule has 0 saturated carbocycles. The molecule has 1 aliphatic heterocycles. The Morgan fingerprint density at radius 1 is 1.38 bits per heavy atom. The van der Waals surface area contributed by atoms with Gasteiger partial charge in [-0.25, -0.2) is 4.68 Å². The van der Waals surface area contributed by atoms with Crippen LogP contribution in [-0.4, -0.2) is 54.0 Å². The van der Waals surface area contributed by atoms with Crippen molar-refractivity contribution < 1.29 is 22.7 Å². The number of hydrogen-bond donors (Lipinski definition) is 1. The van der Waals surface area contributed by atoms with Crippen molar-refractivity contribution in [3.8, 4) is 5.88 Å². The van der Waals surface area contributed by atoms with Crippen LogP contribution in [0.2, 0.25) is 0 Å². The average Bonchev–Trinajstić information content (AvgIpc) is 3.04. The highest BCUT2D eigenvalue weighted by Crippen LogP contribution is 2.37. The quantitative estimate of drug-likeness (QED) is 0.873. The number of halogens is 3. The molecule has 1 aliphatic rings. The van der Waals surface area contributed by atoms with Gasteiger partial charge in [-0.05, 0) is 13.5 Å². The zero-order valence-corrected chi connectivity index (χ0v) is 14.3. The Morgan fingerprint density at radius 3 is 2.58 bits per heavy atom. The van der Waals surface area contributed by atoms with Crippen LogP contribution in [0.1, 0.15) is 18.2 Å². The maximum absolute atomic E-state index is 13.1. The number of likely N-dealkylation sites (tertiary alicyclic amines) is 1. The molecule has 136 valence electrons. The van der Waals surface area contributed by atoms with Gasteiger partial charge in [-0.1, -0.05) is 6.92 Å². The largest absolute Gasteiger partial charge is 0.481 e. The maximum atomic E-state index is 13.1. The minimum absolute atomic E-state index is 0.0980. The summed E-state index contributed by atoms with van der Waals surface area (Å²) in [6.07, 6.45) is -3.74. The fourth-order valence-corrected chi connectivity index (χ4v) is 3.23. The molecule has 9 heteroatoms. The van der Waals surface area contributed by atoms with E-state index in [0.29, 0.717) is 17.9 Å². The first-order valence-electron chi connectivity index (χ1n) is 7.80. The van der Waals surface area contributed by atoms with Crippen molar-refractivity contribution >= 4 is 5.91 Å². The monoisotopic (exact) mass is 348 g/mol. The first-order valence-corrected chi connectivity index (χ1v) is 7.80. The average molecular weight is 348 g/mol. The van der Waals surface area contributed by atoms with Crippen LogP contribution in [0.15, 0.2) is 0 Å². The number of alkyl halides is 3. The molecule has 0 radical (unpaired) electrons. The van der Waals surface area contributed by atoms with Gasteiger partial charge in [0, 0.05) is 26.7 Å². The molecule has 1 N–H and O–H groups in total. The van der Waals surface area contributed by atoms with Crippen LogP contribution in [0.25, 0.3) is 0 Å². The molecule has 2 atom stereocenters. The molecule has 2 rings (SSSR count). The lowest BCUT2D eigenvalue weighted by Gasteiger charge is -2.20. The van der Waals surface area contributed by atoms with Crippen molar-refractivity contribution in [2.75, 3.05) is 27.2 Å². The molecule has 1 fully saturated rings. The van der Waals surface area contributed by atoms with Crippen molar-refractivity contribution in [2.45, 2.75) is 26.1 Å². The van der Waals surface area contributed by atoms with Crippen molar-refractivity contribution in [3.63, 3.8) is 0 Å². The number of methoxy groups -OCH3 is 1. The molecule has 1 aromatic heterocycles. The second-order valence-corrected chi connectivity index (χ2v) is 6.11. The van der Waals surface area contributed by atoms with E-state index in [1.54, 1.807) is 18.8 Å². The smallest absolute Gasteiger partial charge is 0.393 e. The molecule has 2 heterocycles. The number of hydrogen-bond acceptors (Lipinski definition) is 4. The van der Waals surface area contributed by atoms with Gasteiger partial charge >= 0.3 is 6.18 Å². The van der Waals surface area contributed by atoms with E-state index in [1.165, 1.54) is 12.0 Å². The Balaban J connectivity index is 2.11. The van der Waals surface area contributed by atoms with Crippen LogP contribution >= 0.6 is 0 Å². The summed E-state index contributed by atoms with van der Waals surface area (Å²) in [5.41, 5.74) is 1.45. The Hall–Kier alpha value is -1.77. The summed E-state index contributed by atoms with van der Waals surface area (Å²) in [7, 11) is 4.80. The lowest BCUT2D eigenvalue weighted by molar-refractivity contribution is -0.183. The molecule has 6 nitrogen and oxygen atoms in total. The van der Waals surface area contributed by atoms with E-state index in [1.807, 2.05) is 6.92 Å². The van der Waals surface area contributed by atoms with Crippen LogP contribution in [0, 0.1) is 11.8 Å². The normalized spacial score (nSPS) is 22.0. The van der Waals surface area contributed by atoms with E-state index >= 15 is 0 Å². The third-order valence-electron chi connectivity index (χ3n) is 4.40. The van der Waals surface area contributed by atoms with E-state index < -0.39 is 23.9 Å². The number of amides is 1. The Bertz CT molecular complexity index is 600. The van der Waals surface area contributed by atoms with Gasteiger partial charge in [-0.2, -0.15) is 18.3 Å². The van der Waals surface area contributed by atoms with Crippen molar-refractivity contribution in [1.82, 2.24) is 20.0 Å². The van der Waals surface area contributed by atoms with E-state index in [2.05, 4.69) is 10.4 Å². The molecule has 0 aromatic carbocycles. The third-order valence-corrected chi connectivity index (χ3v) is 4.40. The fraction of sp³-hybridized carbons (Fsp3) is 0.733. The standard InChI is InChI=1S/C15H23F3N4O2/c1-5-12-9(14(24-4)22(3)20-12)6-19-13(23)10-7-21(2)8-11(10)15(16,17)18/h10-11H,5-8H2,1-4H3,(H,19,23)/t10-,11-/m1/s1. The first-order chi connectivity index (χ1) is 11.2. The number of aromatic nitrogens is 2. The predicted octanol–water partition coefficient (Wildman–Crippen LogP) is 1.35. The van der Waals surface area contributed by atoms with Gasteiger partial charge in [0.1, 0.15) is 0 Å². The SMILES string of the molecule is CCc1nn(C)c(OC)c1CNC(=O)[C@@H]1CN(C)C[C@H]1C(F)(F)F. The van der Waals surface area contributed by atoms with Crippen LogP contribution in [0.4, 0.5) is 13.2 Å². The van der Waals surface area contributed by atoms with Gasteiger partial charge in [0.15, 0.2) is 0 Å². The molecule has 1 amide bonds. The molecule has 24 heavy (non-hydrogen) atoms. The molecular formula is C15H23F3N4O2. The highest BCUT2D eigenvalue weighted by molar-refractivity contribution is 5.79. The topological polar surface area (TPSA) is 59.4 Å². The molecule has 0 aliphatic carbocycles. The van der Waals surface area contributed by atoms with Gasteiger partial charge in [-0.15, -0.1) is 0 Å². The van der Waals surface area contributed by atoms with Crippen LogP contribution in [-0.2, 0) is 24.8 Å². The summed E-state index contributed by atoms with van der Waals surface area (Å²) in [5.74, 6) is -2.82. The van der Waals surface area contributed by atoms with Gasteiger partial charge in [0.2, 0.25) is 11.8 Å². The predicted molar refractivity (Wildman–Crippen MR) is 81.5 cm³/mol. The third kappa shape index (κ3) is 3.66. The molecule has 1 saturated heterocycles. The van der Waals surface area contributed by atoms with E-state index in [4.69, 9.17) is 4.74 Å². The van der Waals surface area contributed by atoms with E-state index in [-0.39, 0.29) is 19.6 Å². The number of nitrogens with one attached hydrogen (secondary N) is 1. The van der Waals surface area contributed by atoms with Gasteiger partial charge in [-0.3, -0.25) is 4.79 Å². The van der Waals surface area contributed by atoms with Crippen LogP contribution in [0.5, 0.6) is 5.88 Å². The summed E-state index contributed by atoms with van der Waals surface area (Å²) in [5, 5.41) is 6.92. The van der Waals surface area contributed by atoms with Crippen molar-refractivity contribution in [2.24, 2.45) is 18.9 Å². The number of rotatable bonds is 5. The number of nitrogens with zero attached hydrogens (tertiary/aromatic N) is 3.